The van der Waals surface area contributed by atoms with Gasteiger partial charge in [-0.1, -0.05) is 30.3 Å². The lowest BCUT2D eigenvalue weighted by atomic mass is 10.1. The van der Waals surface area contributed by atoms with E-state index in [1.54, 1.807) is 18.2 Å². The Morgan fingerprint density at radius 2 is 1.76 bits per heavy atom. The third-order valence-corrected chi connectivity index (χ3v) is 6.92. The van der Waals surface area contributed by atoms with E-state index in [9.17, 15) is 23.2 Å². The van der Waals surface area contributed by atoms with Crippen LogP contribution in [0.3, 0.4) is 0 Å². The van der Waals surface area contributed by atoms with Gasteiger partial charge in [-0.25, -0.2) is 8.78 Å². The summed E-state index contributed by atoms with van der Waals surface area (Å²) in [6.07, 6.45) is -0.171. The van der Waals surface area contributed by atoms with E-state index in [0.717, 1.165) is 11.1 Å². The summed E-state index contributed by atoms with van der Waals surface area (Å²) in [5.74, 6) is -3.54. The second kappa shape index (κ2) is 11.2. The highest BCUT2D eigenvalue weighted by molar-refractivity contribution is 6.01. The maximum absolute atomic E-state index is 13.4. The quantitative estimate of drug-likeness (QED) is 0.488. The van der Waals surface area contributed by atoms with Crippen molar-refractivity contribution in [1.82, 2.24) is 9.80 Å². The molecule has 1 unspecified atom stereocenters. The van der Waals surface area contributed by atoms with E-state index in [1.165, 1.54) is 12.0 Å². The van der Waals surface area contributed by atoms with E-state index in [-0.39, 0.29) is 44.7 Å². The van der Waals surface area contributed by atoms with E-state index < -0.39 is 23.8 Å². The van der Waals surface area contributed by atoms with Crippen LogP contribution in [-0.2, 0) is 34.0 Å². The average molecular weight is 516 g/mol. The van der Waals surface area contributed by atoms with Crippen LogP contribution >= 0.6 is 0 Å². The van der Waals surface area contributed by atoms with Crippen molar-refractivity contribution in [1.29, 1.82) is 0 Å². The Hall–Kier alpha value is -3.53. The summed E-state index contributed by atoms with van der Waals surface area (Å²) >= 11 is 0. The summed E-state index contributed by atoms with van der Waals surface area (Å²) in [4.78, 5) is 40.0. The van der Waals surface area contributed by atoms with Crippen LogP contribution in [0.15, 0.2) is 42.5 Å². The number of hydrogen-bond acceptors (Lipinski definition) is 6. The number of methoxy groups -OCH3 is 1. The fraction of sp³-hybridized carbons (Fsp3) is 0.444. The monoisotopic (exact) mass is 515 g/mol. The number of carbonyl (C=O) groups excluding carboxylic acids is 3. The molecule has 0 aliphatic carbocycles. The molecule has 2 heterocycles. The Labute approximate surface area is 214 Å². The lowest BCUT2D eigenvalue weighted by Gasteiger charge is -2.31. The molecular formula is C27H31F2N3O5. The van der Waals surface area contributed by atoms with Crippen molar-refractivity contribution in [3.8, 4) is 5.75 Å². The Balaban J connectivity index is 1.37. The number of amides is 2. The topological polar surface area (TPSA) is 102 Å². The summed E-state index contributed by atoms with van der Waals surface area (Å²) in [5.41, 5.74) is 8.60. The minimum atomic E-state index is -2.55. The molecule has 0 saturated carbocycles. The molecule has 2 aliphatic rings. The molecule has 0 bridgehead atoms. The lowest BCUT2D eigenvalue weighted by molar-refractivity contribution is -0.141. The molecule has 2 N–H and O–H groups in total. The second-order valence-corrected chi connectivity index (χ2v) is 9.49. The number of benzene rings is 2. The van der Waals surface area contributed by atoms with Crippen LogP contribution in [0.25, 0.3) is 0 Å². The fourth-order valence-corrected chi connectivity index (χ4v) is 4.72. The minimum absolute atomic E-state index is 0.0339. The van der Waals surface area contributed by atoms with Crippen molar-refractivity contribution in [3.05, 3.63) is 64.7 Å². The number of hydrogen-bond donors (Lipinski definition) is 1. The average Bonchev–Trinajstić information content (AvgIpc) is 3.21. The standard InChI is InChI=1S/C27H31F2N3O5/c1-36-24(33)10-9-22(25(30)34)32-16-21-20(26(32)35)3-2-4-23(21)37-17-19-7-5-18(6-8-19)15-31-13-11-27(28,29)12-14-31/h2-8,22H,9-17H2,1H3,(H2,30,34). The van der Waals surface area contributed by atoms with Gasteiger partial charge in [0.05, 0.1) is 13.7 Å². The Morgan fingerprint density at radius 1 is 1.08 bits per heavy atom. The van der Waals surface area contributed by atoms with Gasteiger partial charge in [-0.05, 0) is 29.7 Å². The number of nitrogens with two attached hydrogens (primary N) is 1. The number of ether oxygens (including phenoxy) is 2. The van der Waals surface area contributed by atoms with Crippen LogP contribution in [0.5, 0.6) is 5.75 Å². The Bertz CT molecular complexity index is 1150. The molecule has 0 spiro atoms. The predicted molar refractivity (Wildman–Crippen MR) is 131 cm³/mol. The van der Waals surface area contributed by atoms with Crippen LogP contribution in [0, 0.1) is 0 Å². The highest BCUT2D eigenvalue weighted by Gasteiger charge is 2.37. The third-order valence-electron chi connectivity index (χ3n) is 6.92. The van der Waals surface area contributed by atoms with Gasteiger partial charge >= 0.3 is 5.97 Å². The smallest absolute Gasteiger partial charge is 0.305 e. The normalized spacial score (nSPS) is 17.8. The number of esters is 1. The maximum Gasteiger partial charge on any atom is 0.305 e. The zero-order valence-electron chi connectivity index (χ0n) is 20.8. The molecule has 37 heavy (non-hydrogen) atoms. The number of fused-ring (bicyclic) bond motifs is 1. The SMILES string of the molecule is COC(=O)CCC(C(N)=O)N1Cc2c(OCc3ccc(CN4CCC(F)(F)CC4)cc3)cccc2C1=O. The molecule has 10 heteroatoms. The van der Waals surface area contributed by atoms with Crippen molar-refractivity contribution in [2.45, 2.75) is 57.3 Å². The van der Waals surface area contributed by atoms with Gasteiger partial charge in [0.25, 0.3) is 11.8 Å². The van der Waals surface area contributed by atoms with Gasteiger partial charge in [0.1, 0.15) is 18.4 Å². The largest absolute Gasteiger partial charge is 0.489 e. The first-order valence-corrected chi connectivity index (χ1v) is 12.3. The maximum atomic E-state index is 13.4. The highest BCUT2D eigenvalue weighted by atomic mass is 19.3. The van der Waals surface area contributed by atoms with E-state index >= 15 is 0 Å². The summed E-state index contributed by atoms with van der Waals surface area (Å²) in [7, 11) is 1.26. The number of piperidine rings is 1. The van der Waals surface area contributed by atoms with Crippen molar-refractivity contribution in [2.75, 3.05) is 20.2 Å². The summed E-state index contributed by atoms with van der Waals surface area (Å²) < 4.78 is 37.4. The molecule has 0 aromatic heterocycles. The number of rotatable bonds is 10. The molecule has 8 nitrogen and oxygen atoms in total. The zero-order valence-corrected chi connectivity index (χ0v) is 20.8. The first-order valence-electron chi connectivity index (χ1n) is 12.3. The van der Waals surface area contributed by atoms with Gasteiger partial charge in [0.15, 0.2) is 0 Å². The molecule has 1 atom stereocenters. The number of alkyl halides is 2. The van der Waals surface area contributed by atoms with Crippen LogP contribution in [0.1, 0.15) is 52.7 Å². The van der Waals surface area contributed by atoms with Crippen LogP contribution < -0.4 is 10.5 Å². The zero-order chi connectivity index (χ0) is 26.6. The van der Waals surface area contributed by atoms with Gasteiger partial charge in [-0.15, -0.1) is 0 Å². The van der Waals surface area contributed by atoms with Gasteiger partial charge in [-0.3, -0.25) is 19.3 Å². The lowest BCUT2D eigenvalue weighted by Crippen LogP contribution is -2.45. The molecule has 2 aliphatic heterocycles. The molecule has 4 rings (SSSR count). The molecule has 0 radical (unpaired) electrons. The third kappa shape index (κ3) is 6.43. The molecule has 2 amide bonds. The van der Waals surface area contributed by atoms with E-state index in [1.807, 2.05) is 29.2 Å². The summed E-state index contributed by atoms with van der Waals surface area (Å²) in [5, 5.41) is 0. The molecule has 2 aromatic carbocycles. The Kier molecular flexibility index (Phi) is 8.06. The van der Waals surface area contributed by atoms with Crippen molar-refractivity contribution in [3.63, 3.8) is 0 Å². The molecule has 2 aromatic rings. The number of likely N-dealkylation sites (tertiary alicyclic amines) is 1. The van der Waals surface area contributed by atoms with Gasteiger partial charge in [0.2, 0.25) is 5.91 Å². The number of nitrogens with zero attached hydrogens (tertiary/aromatic N) is 2. The van der Waals surface area contributed by atoms with Crippen LogP contribution in [0.2, 0.25) is 0 Å². The van der Waals surface area contributed by atoms with E-state index in [0.29, 0.717) is 36.5 Å². The van der Waals surface area contributed by atoms with Crippen LogP contribution in [-0.4, -0.2) is 59.7 Å². The van der Waals surface area contributed by atoms with Crippen LogP contribution in [0.4, 0.5) is 8.78 Å². The number of carbonyl (C=O) groups is 3. The second-order valence-electron chi connectivity index (χ2n) is 9.49. The van der Waals surface area contributed by atoms with Gasteiger partial charge in [-0.2, -0.15) is 0 Å². The van der Waals surface area contributed by atoms with Gasteiger partial charge < -0.3 is 20.1 Å². The van der Waals surface area contributed by atoms with Crippen molar-refractivity contribution >= 4 is 17.8 Å². The van der Waals surface area contributed by atoms with Gasteiger partial charge in [0, 0.05) is 50.0 Å². The van der Waals surface area contributed by atoms with E-state index in [2.05, 4.69) is 4.74 Å². The highest BCUT2D eigenvalue weighted by Crippen LogP contribution is 2.33. The van der Waals surface area contributed by atoms with E-state index in [4.69, 9.17) is 10.5 Å². The summed E-state index contributed by atoms with van der Waals surface area (Å²) in [6.45, 7) is 1.80. The minimum Gasteiger partial charge on any atom is -0.489 e. The first kappa shape index (κ1) is 26.5. The molecular weight excluding hydrogens is 484 g/mol. The molecule has 1 saturated heterocycles. The first-order chi connectivity index (χ1) is 17.7. The molecule has 1 fully saturated rings. The summed E-state index contributed by atoms with van der Waals surface area (Å²) in [6, 6.07) is 12.0. The Morgan fingerprint density at radius 3 is 2.41 bits per heavy atom. The molecule has 198 valence electrons. The number of primary amides is 1. The van der Waals surface area contributed by atoms with Crippen molar-refractivity contribution in [2.24, 2.45) is 5.73 Å². The number of halogens is 2. The fourth-order valence-electron chi connectivity index (χ4n) is 4.72. The predicted octanol–water partition coefficient (Wildman–Crippen LogP) is 3.26. The van der Waals surface area contributed by atoms with Crippen molar-refractivity contribution < 1.29 is 32.6 Å².